The topological polar surface area (TPSA) is 122 Å². The van der Waals surface area contributed by atoms with Crippen molar-refractivity contribution in [1.29, 1.82) is 0 Å². The van der Waals surface area contributed by atoms with Crippen LogP contribution in [-0.4, -0.2) is 65.6 Å². The smallest absolute Gasteiger partial charge is 0.306 e. The zero-order chi connectivity index (χ0) is 26.2. The number of pyridine rings is 1. The van der Waals surface area contributed by atoms with Gasteiger partial charge in [0, 0.05) is 38.4 Å². The summed E-state index contributed by atoms with van der Waals surface area (Å²) in [7, 11) is 1.28. The van der Waals surface area contributed by atoms with Gasteiger partial charge in [0.05, 0.1) is 31.7 Å². The van der Waals surface area contributed by atoms with E-state index in [0.717, 1.165) is 12.1 Å². The molecule has 0 radical (unpaired) electrons. The lowest BCUT2D eigenvalue weighted by Crippen LogP contribution is -2.45. The molecule has 0 saturated carbocycles. The number of carbonyl (C=O) groups is 2. The van der Waals surface area contributed by atoms with Gasteiger partial charge in [0.15, 0.2) is 5.76 Å². The highest BCUT2D eigenvalue weighted by molar-refractivity contribution is 5.71. The van der Waals surface area contributed by atoms with Crippen LogP contribution < -0.4 is 10.2 Å². The number of aromatic nitrogens is 1. The van der Waals surface area contributed by atoms with Gasteiger partial charge in [0.1, 0.15) is 18.1 Å². The van der Waals surface area contributed by atoms with E-state index in [4.69, 9.17) is 13.9 Å². The van der Waals surface area contributed by atoms with Gasteiger partial charge < -0.3 is 23.9 Å². The molecule has 194 valence electrons. The Morgan fingerprint density at radius 2 is 1.97 bits per heavy atom. The molecule has 37 heavy (non-hydrogen) atoms. The summed E-state index contributed by atoms with van der Waals surface area (Å²) >= 11 is 0. The fourth-order valence-electron chi connectivity index (χ4n) is 4.19. The van der Waals surface area contributed by atoms with Crippen molar-refractivity contribution < 1.29 is 28.6 Å². The fraction of sp³-hybridized carbons (Fsp3) is 0.333. The molecule has 10 heteroatoms. The Kier molecular flexibility index (Phi) is 8.52. The summed E-state index contributed by atoms with van der Waals surface area (Å²) in [6.45, 7) is 2.98. The average molecular weight is 508 g/mol. The summed E-state index contributed by atoms with van der Waals surface area (Å²) in [5.41, 5.74) is 0.767. The minimum absolute atomic E-state index is 0.0127. The molecule has 1 aromatic carbocycles. The number of ether oxygens (including phenoxy) is 2. The van der Waals surface area contributed by atoms with E-state index in [1.807, 2.05) is 18.2 Å². The number of methoxy groups -OCH3 is 1. The van der Waals surface area contributed by atoms with Crippen LogP contribution in [0.2, 0.25) is 0 Å². The monoisotopic (exact) mass is 507 g/mol. The van der Waals surface area contributed by atoms with Gasteiger partial charge in [-0.25, -0.2) is 0 Å². The first-order chi connectivity index (χ1) is 18.0. The Balaban J connectivity index is 1.61. The number of carbonyl (C=O) groups excluding carboxylic acids is 2. The predicted molar refractivity (Wildman–Crippen MR) is 133 cm³/mol. The molecule has 4 rings (SSSR count). The molecular formula is C27H29N3O7. The van der Waals surface area contributed by atoms with E-state index >= 15 is 0 Å². The van der Waals surface area contributed by atoms with Crippen molar-refractivity contribution in [3.8, 4) is 11.5 Å². The predicted octanol–water partition coefficient (Wildman–Crippen LogP) is 2.29. The zero-order valence-electron chi connectivity index (χ0n) is 20.5. The number of rotatable bonds is 10. The van der Waals surface area contributed by atoms with Crippen molar-refractivity contribution in [2.75, 3.05) is 33.3 Å². The molecular weight excluding hydrogens is 478 g/mol. The number of nitrogens with zero attached hydrogens (tertiary/aromatic N) is 3. The number of piperazine rings is 1. The van der Waals surface area contributed by atoms with E-state index in [2.05, 4.69) is 9.88 Å². The lowest BCUT2D eigenvalue weighted by molar-refractivity contribution is -0.141. The Morgan fingerprint density at radius 3 is 2.68 bits per heavy atom. The molecule has 1 aliphatic heterocycles. The van der Waals surface area contributed by atoms with E-state index in [1.54, 1.807) is 35.4 Å². The second-order valence-electron chi connectivity index (χ2n) is 8.72. The molecule has 2 aromatic heterocycles. The summed E-state index contributed by atoms with van der Waals surface area (Å²) in [6.07, 6.45) is 2.35. The van der Waals surface area contributed by atoms with Crippen molar-refractivity contribution in [1.82, 2.24) is 14.8 Å². The van der Waals surface area contributed by atoms with Crippen molar-refractivity contribution >= 4 is 12.4 Å². The van der Waals surface area contributed by atoms with E-state index in [-0.39, 0.29) is 18.8 Å². The molecule has 1 atom stereocenters. The van der Waals surface area contributed by atoms with Crippen LogP contribution in [0, 0.1) is 0 Å². The molecule has 0 aliphatic carbocycles. The number of esters is 1. The van der Waals surface area contributed by atoms with Crippen molar-refractivity contribution in [2.24, 2.45) is 0 Å². The Morgan fingerprint density at radius 1 is 1.16 bits per heavy atom. The molecule has 1 aliphatic rings. The molecule has 0 unspecified atom stereocenters. The first kappa shape index (κ1) is 25.9. The van der Waals surface area contributed by atoms with Crippen LogP contribution in [-0.2, 0) is 27.5 Å². The van der Waals surface area contributed by atoms with Crippen LogP contribution in [0.3, 0.4) is 0 Å². The third-order valence-electron chi connectivity index (χ3n) is 6.22. The Hall–Kier alpha value is -4.18. The number of aromatic hydroxyl groups is 1. The summed E-state index contributed by atoms with van der Waals surface area (Å²) < 4.78 is 16.8. The van der Waals surface area contributed by atoms with E-state index in [0.29, 0.717) is 49.8 Å². The molecule has 3 heterocycles. The number of hydrogen-bond acceptors (Lipinski definition) is 9. The molecule has 1 N–H and O–H groups in total. The van der Waals surface area contributed by atoms with Crippen LogP contribution in [0.15, 0.2) is 63.9 Å². The number of benzene rings is 1. The third kappa shape index (κ3) is 6.73. The summed E-state index contributed by atoms with van der Waals surface area (Å²) in [6, 6.07) is 13.8. The van der Waals surface area contributed by atoms with Crippen LogP contribution in [0.5, 0.6) is 11.5 Å². The fourth-order valence-corrected chi connectivity index (χ4v) is 4.19. The number of amides is 1. The minimum atomic E-state index is -0.787. The van der Waals surface area contributed by atoms with E-state index in [1.165, 1.54) is 13.2 Å². The Bertz CT molecular complexity index is 1270. The molecule has 1 fully saturated rings. The SMILES string of the molecule is COC(=O)C[C@@H](c1cccc(OCc2ccccn2)c1)c1oc(CN2CCN(C=O)CC2)cc(=O)c1O. The van der Waals surface area contributed by atoms with Gasteiger partial charge >= 0.3 is 5.97 Å². The molecule has 1 amide bonds. The average Bonchev–Trinajstić information content (AvgIpc) is 2.93. The summed E-state index contributed by atoms with van der Waals surface area (Å²) in [4.78, 5) is 44.0. The molecule has 0 spiro atoms. The minimum Gasteiger partial charge on any atom is -0.502 e. The van der Waals surface area contributed by atoms with E-state index in [9.17, 15) is 19.5 Å². The second kappa shape index (κ2) is 12.2. The zero-order valence-corrected chi connectivity index (χ0v) is 20.5. The largest absolute Gasteiger partial charge is 0.502 e. The maximum atomic E-state index is 12.7. The van der Waals surface area contributed by atoms with Gasteiger partial charge in [-0.3, -0.25) is 24.3 Å². The van der Waals surface area contributed by atoms with Gasteiger partial charge in [-0.2, -0.15) is 0 Å². The lowest BCUT2D eigenvalue weighted by Gasteiger charge is -2.32. The van der Waals surface area contributed by atoms with Crippen molar-refractivity contribution in [3.05, 3.63) is 87.7 Å². The van der Waals surface area contributed by atoms with Gasteiger partial charge in [-0.05, 0) is 29.8 Å². The maximum Gasteiger partial charge on any atom is 0.306 e. The highest BCUT2D eigenvalue weighted by atomic mass is 16.5. The first-order valence-electron chi connectivity index (χ1n) is 11.9. The van der Waals surface area contributed by atoms with Crippen LogP contribution in [0.25, 0.3) is 0 Å². The van der Waals surface area contributed by atoms with Crippen LogP contribution >= 0.6 is 0 Å². The number of hydrogen-bond donors (Lipinski definition) is 1. The van der Waals surface area contributed by atoms with Gasteiger partial charge in [-0.15, -0.1) is 0 Å². The molecule has 3 aromatic rings. The second-order valence-corrected chi connectivity index (χ2v) is 8.72. The van der Waals surface area contributed by atoms with Crippen LogP contribution in [0.4, 0.5) is 0 Å². The standard InChI is InChI=1S/C27H29N3O7/c1-35-25(33)15-23(19-5-4-7-21(13-19)36-17-20-6-2-3-8-28-20)27-26(34)24(32)14-22(37-27)16-29-9-11-30(18-31)12-10-29/h2-8,13-14,18,23,34H,9-12,15-17H2,1H3/t23-/m0/s1. The highest BCUT2D eigenvalue weighted by Crippen LogP contribution is 2.35. The molecule has 1 saturated heterocycles. The molecule has 10 nitrogen and oxygen atoms in total. The summed E-state index contributed by atoms with van der Waals surface area (Å²) in [5, 5.41) is 10.7. The quantitative estimate of drug-likeness (QED) is 0.325. The first-order valence-corrected chi connectivity index (χ1v) is 11.9. The van der Waals surface area contributed by atoms with Crippen molar-refractivity contribution in [3.63, 3.8) is 0 Å². The van der Waals surface area contributed by atoms with Gasteiger partial charge in [0.25, 0.3) is 0 Å². The van der Waals surface area contributed by atoms with Gasteiger partial charge in [-0.1, -0.05) is 18.2 Å². The van der Waals surface area contributed by atoms with Gasteiger partial charge in [0.2, 0.25) is 17.6 Å². The normalized spacial score (nSPS) is 14.7. The lowest BCUT2D eigenvalue weighted by atomic mass is 9.92. The Labute approximate surface area is 214 Å². The third-order valence-corrected chi connectivity index (χ3v) is 6.22. The van der Waals surface area contributed by atoms with Crippen LogP contribution in [0.1, 0.15) is 35.1 Å². The summed E-state index contributed by atoms with van der Waals surface area (Å²) in [5.74, 6) is -0.990. The van der Waals surface area contributed by atoms with E-state index < -0.39 is 23.1 Å². The maximum absolute atomic E-state index is 12.7. The highest BCUT2D eigenvalue weighted by Gasteiger charge is 2.27. The molecule has 0 bridgehead atoms. The van der Waals surface area contributed by atoms with Crippen molar-refractivity contribution in [2.45, 2.75) is 25.5 Å².